The zero-order valence-electron chi connectivity index (χ0n) is 12.3. The molecule has 2 aromatic rings. The van der Waals surface area contributed by atoms with Gasteiger partial charge in [-0.2, -0.15) is 0 Å². The molecule has 1 fully saturated rings. The van der Waals surface area contributed by atoms with Crippen LogP contribution in [0.5, 0.6) is 5.75 Å². The number of ether oxygens (including phenoxy) is 2. The Morgan fingerprint density at radius 2 is 2.24 bits per heavy atom. The number of methoxy groups -OCH3 is 1. The molecule has 1 aromatic carbocycles. The van der Waals surface area contributed by atoms with Gasteiger partial charge in [-0.15, -0.1) is 0 Å². The van der Waals surface area contributed by atoms with Crippen molar-refractivity contribution in [3.8, 4) is 5.75 Å². The average molecular weight is 287 g/mol. The summed E-state index contributed by atoms with van der Waals surface area (Å²) in [4.78, 5) is 2.38. The fourth-order valence-electron chi connectivity index (χ4n) is 2.73. The molecule has 1 aromatic heterocycles. The van der Waals surface area contributed by atoms with Crippen molar-refractivity contribution in [1.29, 1.82) is 0 Å². The lowest BCUT2D eigenvalue weighted by Crippen LogP contribution is -2.42. The highest BCUT2D eigenvalue weighted by atomic mass is 16.5. The minimum Gasteiger partial charge on any atom is -0.497 e. The summed E-state index contributed by atoms with van der Waals surface area (Å²) < 4.78 is 16.6. The maximum Gasteiger partial charge on any atom is 0.119 e. The van der Waals surface area contributed by atoms with E-state index in [1.54, 1.807) is 13.4 Å². The summed E-state index contributed by atoms with van der Waals surface area (Å²) in [6.45, 7) is 3.51. The van der Waals surface area contributed by atoms with Gasteiger partial charge in [0, 0.05) is 19.5 Å². The topological polar surface area (TPSA) is 34.8 Å². The molecule has 3 rings (SSSR count). The molecule has 21 heavy (non-hydrogen) atoms. The van der Waals surface area contributed by atoms with Crippen molar-refractivity contribution in [2.75, 3.05) is 26.8 Å². The van der Waals surface area contributed by atoms with Crippen molar-refractivity contribution >= 4 is 0 Å². The maximum atomic E-state index is 5.89. The normalized spacial score (nSPS) is 19.6. The summed E-state index contributed by atoms with van der Waals surface area (Å²) >= 11 is 0. The molecule has 4 heteroatoms. The molecular formula is C17H21NO3. The summed E-state index contributed by atoms with van der Waals surface area (Å²) in [5.74, 6) is 1.91. The number of benzene rings is 1. The van der Waals surface area contributed by atoms with E-state index in [-0.39, 0.29) is 6.10 Å². The Balaban J connectivity index is 1.58. The van der Waals surface area contributed by atoms with E-state index in [1.807, 2.05) is 24.3 Å². The largest absolute Gasteiger partial charge is 0.497 e. The van der Waals surface area contributed by atoms with Crippen molar-refractivity contribution in [2.24, 2.45) is 0 Å². The second-order valence-corrected chi connectivity index (χ2v) is 5.36. The Morgan fingerprint density at radius 3 is 3.05 bits per heavy atom. The number of morpholine rings is 1. The standard InChI is InChI=1S/C17H21NO3/c1-19-15-5-2-4-14(10-15)11-17-13-18(7-9-21-17)12-16-6-3-8-20-16/h2-6,8,10,17H,7,9,11-13H2,1H3. The molecule has 112 valence electrons. The van der Waals surface area contributed by atoms with Gasteiger partial charge in [-0.25, -0.2) is 0 Å². The first-order valence-electron chi connectivity index (χ1n) is 7.33. The third-order valence-electron chi connectivity index (χ3n) is 3.78. The Bertz CT molecular complexity index is 553. The predicted octanol–water partition coefficient (Wildman–Crippen LogP) is 2.73. The highest BCUT2D eigenvalue weighted by molar-refractivity contribution is 5.28. The molecule has 4 nitrogen and oxygen atoms in total. The molecule has 1 aliphatic rings. The van der Waals surface area contributed by atoms with Crippen molar-refractivity contribution in [3.63, 3.8) is 0 Å². The molecule has 0 spiro atoms. The van der Waals surface area contributed by atoms with Crippen LogP contribution in [-0.4, -0.2) is 37.8 Å². The van der Waals surface area contributed by atoms with Crippen LogP contribution >= 0.6 is 0 Å². The van der Waals surface area contributed by atoms with Gasteiger partial charge in [0.25, 0.3) is 0 Å². The lowest BCUT2D eigenvalue weighted by molar-refractivity contribution is -0.0322. The highest BCUT2D eigenvalue weighted by Crippen LogP contribution is 2.18. The second-order valence-electron chi connectivity index (χ2n) is 5.36. The van der Waals surface area contributed by atoms with E-state index in [0.717, 1.165) is 44.2 Å². The van der Waals surface area contributed by atoms with Gasteiger partial charge in [0.05, 0.1) is 32.6 Å². The van der Waals surface area contributed by atoms with E-state index in [2.05, 4.69) is 17.0 Å². The first kappa shape index (κ1) is 14.2. The quantitative estimate of drug-likeness (QED) is 0.847. The van der Waals surface area contributed by atoms with Crippen LogP contribution in [0.15, 0.2) is 47.1 Å². The first-order chi connectivity index (χ1) is 10.3. The molecule has 0 radical (unpaired) electrons. The number of rotatable bonds is 5. The molecule has 1 saturated heterocycles. The highest BCUT2D eigenvalue weighted by Gasteiger charge is 2.21. The SMILES string of the molecule is COc1cccc(CC2CN(Cc3ccco3)CCO2)c1. The van der Waals surface area contributed by atoms with Crippen LogP contribution in [0.4, 0.5) is 0 Å². The zero-order chi connectivity index (χ0) is 14.5. The molecule has 2 heterocycles. The van der Waals surface area contributed by atoms with Gasteiger partial charge in [0.2, 0.25) is 0 Å². The van der Waals surface area contributed by atoms with Crippen molar-refractivity contribution in [1.82, 2.24) is 4.90 Å². The van der Waals surface area contributed by atoms with E-state index >= 15 is 0 Å². The van der Waals surface area contributed by atoms with E-state index in [4.69, 9.17) is 13.9 Å². The van der Waals surface area contributed by atoms with Crippen LogP contribution in [-0.2, 0) is 17.7 Å². The Hall–Kier alpha value is -1.78. The van der Waals surface area contributed by atoms with Crippen LogP contribution < -0.4 is 4.74 Å². The zero-order valence-corrected chi connectivity index (χ0v) is 12.3. The molecule has 1 aliphatic heterocycles. The second kappa shape index (κ2) is 6.78. The van der Waals surface area contributed by atoms with Crippen molar-refractivity contribution < 1.29 is 13.9 Å². The van der Waals surface area contributed by atoms with Gasteiger partial charge >= 0.3 is 0 Å². The van der Waals surface area contributed by atoms with E-state index < -0.39 is 0 Å². The third kappa shape index (κ3) is 3.86. The van der Waals surface area contributed by atoms with Gasteiger partial charge < -0.3 is 13.9 Å². The fraction of sp³-hybridized carbons (Fsp3) is 0.412. The van der Waals surface area contributed by atoms with Gasteiger partial charge in [-0.3, -0.25) is 4.90 Å². The summed E-state index contributed by atoms with van der Waals surface area (Å²) in [5, 5.41) is 0. The molecule has 1 atom stereocenters. The number of furan rings is 1. The summed E-state index contributed by atoms with van der Waals surface area (Å²) in [7, 11) is 1.70. The fourth-order valence-corrected chi connectivity index (χ4v) is 2.73. The molecule has 0 saturated carbocycles. The number of nitrogens with zero attached hydrogens (tertiary/aromatic N) is 1. The van der Waals surface area contributed by atoms with Crippen LogP contribution in [0.25, 0.3) is 0 Å². The molecular weight excluding hydrogens is 266 g/mol. The lowest BCUT2D eigenvalue weighted by Gasteiger charge is -2.32. The lowest BCUT2D eigenvalue weighted by atomic mass is 10.1. The van der Waals surface area contributed by atoms with E-state index in [1.165, 1.54) is 5.56 Å². The monoisotopic (exact) mass is 287 g/mol. The van der Waals surface area contributed by atoms with Gasteiger partial charge in [0.15, 0.2) is 0 Å². The van der Waals surface area contributed by atoms with E-state index in [0.29, 0.717) is 0 Å². The van der Waals surface area contributed by atoms with Gasteiger partial charge in [0.1, 0.15) is 11.5 Å². The summed E-state index contributed by atoms with van der Waals surface area (Å²) in [6, 6.07) is 12.1. The van der Waals surface area contributed by atoms with Crippen LogP contribution in [0, 0.1) is 0 Å². The molecule has 0 amide bonds. The van der Waals surface area contributed by atoms with Crippen molar-refractivity contribution in [2.45, 2.75) is 19.1 Å². The van der Waals surface area contributed by atoms with E-state index in [9.17, 15) is 0 Å². The minimum absolute atomic E-state index is 0.223. The molecule has 0 bridgehead atoms. The average Bonchev–Trinajstić information content (AvgIpc) is 3.01. The maximum absolute atomic E-state index is 5.89. The molecule has 0 N–H and O–H groups in total. The van der Waals surface area contributed by atoms with Gasteiger partial charge in [-0.05, 0) is 29.8 Å². The third-order valence-corrected chi connectivity index (χ3v) is 3.78. The van der Waals surface area contributed by atoms with Crippen LogP contribution in [0.2, 0.25) is 0 Å². The first-order valence-corrected chi connectivity index (χ1v) is 7.33. The number of hydrogen-bond donors (Lipinski definition) is 0. The molecule has 1 unspecified atom stereocenters. The Kier molecular flexibility index (Phi) is 4.58. The minimum atomic E-state index is 0.223. The smallest absolute Gasteiger partial charge is 0.119 e. The van der Waals surface area contributed by atoms with Crippen molar-refractivity contribution in [3.05, 3.63) is 54.0 Å². The van der Waals surface area contributed by atoms with Crippen LogP contribution in [0.3, 0.4) is 0 Å². The Labute approximate surface area is 125 Å². The summed E-state index contributed by atoms with van der Waals surface area (Å²) in [6.07, 6.45) is 2.86. The summed E-state index contributed by atoms with van der Waals surface area (Å²) in [5.41, 5.74) is 1.25. The predicted molar refractivity (Wildman–Crippen MR) is 80.4 cm³/mol. The number of hydrogen-bond acceptors (Lipinski definition) is 4. The van der Waals surface area contributed by atoms with Crippen LogP contribution in [0.1, 0.15) is 11.3 Å². The Morgan fingerprint density at radius 1 is 1.29 bits per heavy atom. The molecule has 0 aliphatic carbocycles. The van der Waals surface area contributed by atoms with Gasteiger partial charge in [-0.1, -0.05) is 12.1 Å².